The van der Waals surface area contributed by atoms with Crippen LogP contribution in [-0.2, 0) is 0 Å². The van der Waals surface area contributed by atoms with Crippen LogP contribution in [0.1, 0.15) is 13.3 Å². The van der Waals surface area contributed by atoms with Crippen molar-refractivity contribution < 1.29 is 9.50 Å². The zero-order valence-corrected chi connectivity index (χ0v) is 6.23. The normalized spacial score (nSPS) is 15.9. The Labute approximate surface area is 60.9 Å². The summed E-state index contributed by atoms with van der Waals surface area (Å²) in [6, 6.07) is 0. The van der Waals surface area contributed by atoms with Gasteiger partial charge in [0, 0.05) is 13.0 Å². The molecule has 0 radical (unpaired) electrons. The van der Waals surface area contributed by atoms with Crippen molar-refractivity contribution in [2.45, 2.75) is 19.0 Å². The predicted molar refractivity (Wildman–Crippen MR) is 40.6 cm³/mol. The maximum Gasteiger partial charge on any atom is 0.151 e. The van der Waals surface area contributed by atoms with Gasteiger partial charge in [0.15, 0.2) is 5.67 Å². The molecule has 1 atom stereocenters. The molecule has 1 unspecified atom stereocenters. The Morgan fingerprint density at radius 1 is 1.80 bits per heavy atom. The summed E-state index contributed by atoms with van der Waals surface area (Å²) in [5.41, 5.74) is -1.20. The molecular weight excluding hydrogens is 131 g/mol. The summed E-state index contributed by atoms with van der Waals surface area (Å²) in [6.07, 6.45) is 1.22. The zero-order chi connectivity index (χ0) is 8.20. The summed E-state index contributed by atoms with van der Waals surface area (Å²) < 4.78 is 13.3. The van der Waals surface area contributed by atoms with Gasteiger partial charge in [-0.2, -0.15) is 0 Å². The average Bonchev–Trinajstić information content (AvgIpc) is 1.88. The fourth-order valence-corrected chi connectivity index (χ4v) is 0.652. The van der Waals surface area contributed by atoms with Crippen molar-refractivity contribution >= 4 is 0 Å². The number of halogens is 1. The van der Waals surface area contributed by atoms with Gasteiger partial charge < -0.3 is 5.11 Å². The highest BCUT2D eigenvalue weighted by Gasteiger charge is 2.25. The second-order valence-corrected chi connectivity index (χ2v) is 2.32. The van der Waals surface area contributed by atoms with Crippen LogP contribution >= 0.6 is 0 Å². The van der Waals surface area contributed by atoms with Gasteiger partial charge in [-0.25, -0.2) is 4.39 Å². The summed E-state index contributed by atoms with van der Waals surface area (Å²) in [6.45, 7) is 8.18. The third-order valence-electron chi connectivity index (χ3n) is 1.51. The molecule has 0 aliphatic rings. The molecule has 0 aromatic rings. The van der Waals surface area contributed by atoms with Crippen LogP contribution in [-0.4, -0.2) is 17.4 Å². The maximum atomic E-state index is 13.3. The minimum Gasteiger partial charge on any atom is -0.396 e. The quantitative estimate of drug-likeness (QED) is 0.597. The first-order valence-electron chi connectivity index (χ1n) is 3.16. The summed E-state index contributed by atoms with van der Waals surface area (Å²) in [7, 11) is 0. The molecule has 0 aromatic heterocycles. The number of allylic oxidation sites excluding steroid dienone is 2. The molecule has 0 heterocycles. The van der Waals surface area contributed by atoms with Gasteiger partial charge >= 0.3 is 0 Å². The lowest BCUT2D eigenvalue weighted by Crippen LogP contribution is -2.21. The van der Waals surface area contributed by atoms with Crippen molar-refractivity contribution in [3.05, 3.63) is 24.8 Å². The summed E-state index contributed by atoms with van der Waals surface area (Å²) in [5, 5.41) is 8.45. The molecule has 0 aliphatic carbocycles. The molecule has 2 heteroatoms. The van der Waals surface area contributed by atoms with E-state index in [0.717, 1.165) is 0 Å². The smallest absolute Gasteiger partial charge is 0.151 e. The molecule has 0 amide bonds. The zero-order valence-electron chi connectivity index (χ0n) is 6.23. The van der Waals surface area contributed by atoms with E-state index in [2.05, 4.69) is 13.2 Å². The highest BCUT2D eigenvalue weighted by molar-refractivity contribution is 5.18. The van der Waals surface area contributed by atoms with Gasteiger partial charge in [-0.3, -0.25) is 0 Å². The van der Waals surface area contributed by atoms with Gasteiger partial charge in [-0.05, 0) is 12.5 Å². The Kier molecular flexibility index (Phi) is 3.30. The Morgan fingerprint density at radius 3 is 2.40 bits per heavy atom. The molecule has 0 spiro atoms. The summed E-state index contributed by atoms with van der Waals surface area (Å²) in [4.78, 5) is 0. The molecule has 0 saturated carbocycles. The Bertz CT molecular complexity index is 142. The van der Waals surface area contributed by atoms with E-state index in [-0.39, 0.29) is 13.0 Å². The van der Waals surface area contributed by atoms with Crippen molar-refractivity contribution in [2.24, 2.45) is 0 Å². The molecule has 1 N–H and O–H groups in total. The average molecular weight is 144 g/mol. The van der Waals surface area contributed by atoms with Crippen LogP contribution in [0, 0.1) is 0 Å². The largest absolute Gasteiger partial charge is 0.396 e. The SMILES string of the molecule is C=CC(F)(CCO)C(=C)C. The van der Waals surface area contributed by atoms with Gasteiger partial charge in [-0.1, -0.05) is 19.2 Å². The van der Waals surface area contributed by atoms with E-state index in [0.29, 0.717) is 5.57 Å². The lowest BCUT2D eigenvalue weighted by Gasteiger charge is -2.19. The topological polar surface area (TPSA) is 20.2 Å². The van der Waals surface area contributed by atoms with Crippen LogP contribution in [0.15, 0.2) is 24.8 Å². The lowest BCUT2D eigenvalue weighted by atomic mass is 9.95. The monoisotopic (exact) mass is 144 g/mol. The Morgan fingerprint density at radius 2 is 2.30 bits per heavy atom. The molecule has 0 rings (SSSR count). The molecule has 0 saturated heterocycles. The third kappa shape index (κ3) is 1.95. The van der Waals surface area contributed by atoms with E-state index in [9.17, 15) is 4.39 Å². The van der Waals surface area contributed by atoms with E-state index in [1.54, 1.807) is 6.92 Å². The minimum absolute atomic E-state index is 0.0475. The second kappa shape index (κ2) is 3.52. The molecule has 0 fully saturated rings. The van der Waals surface area contributed by atoms with Crippen LogP contribution in [0.3, 0.4) is 0 Å². The molecule has 0 bridgehead atoms. The number of hydrogen-bond acceptors (Lipinski definition) is 1. The second-order valence-electron chi connectivity index (χ2n) is 2.32. The number of hydrogen-bond donors (Lipinski definition) is 1. The first kappa shape index (κ1) is 9.37. The van der Waals surface area contributed by atoms with Crippen molar-refractivity contribution in [3.8, 4) is 0 Å². The van der Waals surface area contributed by atoms with E-state index in [1.807, 2.05) is 0 Å². The fraction of sp³-hybridized carbons (Fsp3) is 0.500. The molecular formula is C8H13FO. The molecule has 1 nitrogen and oxygen atoms in total. The van der Waals surface area contributed by atoms with Crippen molar-refractivity contribution in [1.82, 2.24) is 0 Å². The van der Waals surface area contributed by atoms with Gasteiger partial charge in [0.1, 0.15) is 0 Å². The van der Waals surface area contributed by atoms with E-state index in [4.69, 9.17) is 5.11 Å². The van der Waals surface area contributed by atoms with E-state index < -0.39 is 5.67 Å². The molecule has 0 aromatic carbocycles. The standard InChI is InChI=1S/C8H13FO/c1-4-8(9,5-6-10)7(2)3/h4,10H,1-2,5-6H2,3H3. The van der Waals surface area contributed by atoms with Crippen LogP contribution in [0.5, 0.6) is 0 Å². The summed E-state index contributed by atoms with van der Waals surface area (Å²) in [5.74, 6) is 0. The number of rotatable bonds is 4. The maximum absolute atomic E-state index is 13.3. The third-order valence-corrected chi connectivity index (χ3v) is 1.51. The van der Waals surface area contributed by atoms with Gasteiger partial charge in [0.2, 0.25) is 0 Å². The van der Waals surface area contributed by atoms with Crippen molar-refractivity contribution in [1.29, 1.82) is 0 Å². The molecule has 10 heavy (non-hydrogen) atoms. The van der Waals surface area contributed by atoms with E-state index in [1.165, 1.54) is 6.08 Å². The Balaban J connectivity index is 4.22. The number of alkyl halides is 1. The predicted octanol–water partition coefficient (Wildman–Crippen LogP) is 1.84. The highest BCUT2D eigenvalue weighted by atomic mass is 19.1. The van der Waals surface area contributed by atoms with Crippen LogP contribution < -0.4 is 0 Å². The molecule has 0 aliphatic heterocycles. The van der Waals surface area contributed by atoms with Crippen molar-refractivity contribution in [3.63, 3.8) is 0 Å². The van der Waals surface area contributed by atoms with Gasteiger partial charge in [-0.15, -0.1) is 0 Å². The van der Waals surface area contributed by atoms with Crippen LogP contribution in [0.4, 0.5) is 4.39 Å². The minimum atomic E-state index is -1.59. The van der Waals surface area contributed by atoms with E-state index >= 15 is 0 Å². The Hall–Kier alpha value is -0.630. The van der Waals surface area contributed by atoms with Crippen LogP contribution in [0.25, 0.3) is 0 Å². The van der Waals surface area contributed by atoms with Crippen LogP contribution in [0.2, 0.25) is 0 Å². The van der Waals surface area contributed by atoms with Gasteiger partial charge in [0.05, 0.1) is 0 Å². The highest BCUT2D eigenvalue weighted by Crippen LogP contribution is 2.24. The first-order valence-corrected chi connectivity index (χ1v) is 3.16. The summed E-state index contributed by atoms with van der Waals surface area (Å²) >= 11 is 0. The molecule has 58 valence electrons. The van der Waals surface area contributed by atoms with Gasteiger partial charge in [0.25, 0.3) is 0 Å². The fourth-order valence-electron chi connectivity index (χ4n) is 0.652. The lowest BCUT2D eigenvalue weighted by molar-refractivity contribution is 0.191. The number of aliphatic hydroxyl groups excluding tert-OH is 1. The first-order chi connectivity index (χ1) is 4.56. The number of aliphatic hydroxyl groups is 1. The van der Waals surface area contributed by atoms with Crippen molar-refractivity contribution in [2.75, 3.05) is 6.61 Å².